The van der Waals surface area contributed by atoms with E-state index in [9.17, 15) is 18.3 Å². The van der Waals surface area contributed by atoms with Gasteiger partial charge in [-0.2, -0.15) is 4.72 Å². The van der Waals surface area contributed by atoms with Gasteiger partial charge in [0.2, 0.25) is 10.0 Å². The average Bonchev–Trinajstić information content (AvgIpc) is 3.12. The van der Waals surface area contributed by atoms with Crippen LogP contribution in [0.15, 0.2) is 33.6 Å². The van der Waals surface area contributed by atoms with Crippen LogP contribution in [0, 0.1) is 5.92 Å². The predicted octanol–water partition coefficient (Wildman–Crippen LogP) is 1.98. The van der Waals surface area contributed by atoms with E-state index in [2.05, 4.69) is 20.7 Å². The zero-order valence-corrected chi connectivity index (χ0v) is 12.7. The second-order valence-corrected chi connectivity index (χ2v) is 7.44. The normalized spacial score (nSPS) is 18.8. The Kier molecular flexibility index (Phi) is 3.72. The molecule has 104 valence electrons. The van der Waals surface area contributed by atoms with E-state index >= 15 is 0 Å². The number of halogens is 1. The second-order valence-electron chi connectivity index (χ2n) is 4.84. The molecule has 0 saturated heterocycles. The van der Waals surface area contributed by atoms with Gasteiger partial charge in [-0.25, -0.2) is 8.42 Å². The van der Waals surface area contributed by atoms with Crippen molar-refractivity contribution >= 4 is 31.9 Å². The van der Waals surface area contributed by atoms with Crippen molar-refractivity contribution in [2.75, 3.05) is 0 Å². The highest BCUT2D eigenvalue weighted by Crippen LogP contribution is 2.40. The van der Waals surface area contributed by atoms with Crippen LogP contribution in [0.25, 0.3) is 0 Å². The van der Waals surface area contributed by atoms with Gasteiger partial charge in [0.25, 0.3) is 0 Å². The van der Waals surface area contributed by atoms with Gasteiger partial charge < -0.3 is 5.11 Å². The lowest BCUT2D eigenvalue weighted by Gasteiger charge is -2.25. The summed E-state index contributed by atoms with van der Waals surface area (Å²) < 4.78 is 27.5. The summed E-state index contributed by atoms with van der Waals surface area (Å²) >= 11 is 3.22. The minimum atomic E-state index is -3.84. The smallest absolute Gasteiger partial charge is 0.324 e. The summed E-state index contributed by atoms with van der Waals surface area (Å²) in [4.78, 5) is 11.4. The Morgan fingerprint density at radius 1 is 1.37 bits per heavy atom. The van der Waals surface area contributed by atoms with Crippen molar-refractivity contribution in [1.82, 2.24) is 4.72 Å². The van der Waals surface area contributed by atoms with E-state index in [4.69, 9.17) is 0 Å². The van der Waals surface area contributed by atoms with E-state index in [-0.39, 0.29) is 10.8 Å². The molecule has 1 aliphatic rings. The summed E-state index contributed by atoms with van der Waals surface area (Å²) in [5, 5.41) is 9.26. The average molecular weight is 348 g/mol. The molecule has 2 rings (SSSR count). The number of rotatable bonds is 5. The van der Waals surface area contributed by atoms with Crippen molar-refractivity contribution in [1.29, 1.82) is 0 Å². The molecule has 0 heterocycles. The van der Waals surface area contributed by atoms with Gasteiger partial charge in [-0.05, 0) is 49.9 Å². The van der Waals surface area contributed by atoms with E-state index in [1.54, 1.807) is 12.1 Å². The fourth-order valence-electron chi connectivity index (χ4n) is 1.91. The Morgan fingerprint density at radius 3 is 2.32 bits per heavy atom. The molecule has 0 aromatic heterocycles. The lowest BCUT2D eigenvalue weighted by molar-refractivity contribution is -0.144. The summed E-state index contributed by atoms with van der Waals surface area (Å²) in [7, 11) is -3.84. The Hall–Kier alpha value is -0.920. The highest BCUT2D eigenvalue weighted by atomic mass is 79.9. The molecule has 1 saturated carbocycles. The van der Waals surface area contributed by atoms with E-state index in [1.165, 1.54) is 19.1 Å². The largest absolute Gasteiger partial charge is 0.480 e. The molecule has 1 fully saturated rings. The third-order valence-corrected chi connectivity index (χ3v) is 5.42. The van der Waals surface area contributed by atoms with Crippen LogP contribution >= 0.6 is 15.9 Å². The molecule has 1 unspecified atom stereocenters. The van der Waals surface area contributed by atoms with Crippen LogP contribution in [-0.4, -0.2) is 25.0 Å². The van der Waals surface area contributed by atoms with Gasteiger partial charge in [0, 0.05) is 4.47 Å². The standard InChI is InChI=1S/C12H14BrNO4S/c1-12(11(15)16,8-2-3-8)14-19(17,18)10-6-4-9(13)5-7-10/h4-8,14H,2-3H2,1H3,(H,15,16). The molecule has 1 aromatic rings. The minimum absolute atomic E-state index is 0.0591. The van der Waals surface area contributed by atoms with Gasteiger partial charge in [-0.1, -0.05) is 15.9 Å². The maximum absolute atomic E-state index is 12.2. The maximum atomic E-state index is 12.2. The van der Waals surface area contributed by atoms with Crippen LogP contribution in [0.1, 0.15) is 19.8 Å². The number of benzene rings is 1. The molecule has 0 amide bonds. The maximum Gasteiger partial charge on any atom is 0.324 e. The molecular formula is C12H14BrNO4S. The van der Waals surface area contributed by atoms with Crippen molar-refractivity contribution in [3.8, 4) is 0 Å². The van der Waals surface area contributed by atoms with Crippen LogP contribution in [0.3, 0.4) is 0 Å². The SMILES string of the molecule is CC(NS(=O)(=O)c1ccc(Br)cc1)(C(=O)O)C1CC1. The summed E-state index contributed by atoms with van der Waals surface area (Å²) in [6.07, 6.45) is 1.46. The number of sulfonamides is 1. The summed E-state index contributed by atoms with van der Waals surface area (Å²) in [5.74, 6) is -1.29. The molecule has 0 aliphatic heterocycles. The first-order valence-corrected chi connectivity index (χ1v) is 8.06. The van der Waals surface area contributed by atoms with Crippen molar-refractivity contribution < 1.29 is 18.3 Å². The molecule has 7 heteroatoms. The van der Waals surface area contributed by atoms with E-state index in [0.717, 1.165) is 17.3 Å². The Morgan fingerprint density at radius 2 is 1.89 bits per heavy atom. The Bertz CT molecular complexity index is 595. The molecule has 0 spiro atoms. The van der Waals surface area contributed by atoms with Crippen LogP contribution < -0.4 is 4.72 Å². The summed E-state index contributed by atoms with van der Waals surface area (Å²) in [6, 6.07) is 6.07. The van der Waals surface area contributed by atoms with Crippen LogP contribution in [-0.2, 0) is 14.8 Å². The molecule has 0 bridgehead atoms. The van der Waals surface area contributed by atoms with Crippen molar-refractivity contribution in [3.05, 3.63) is 28.7 Å². The van der Waals surface area contributed by atoms with Crippen molar-refractivity contribution in [2.45, 2.75) is 30.2 Å². The van der Waals surface area contributed by atoms with Gasteiger partial charge in [0.05, 0.1) is 4.90 Å². The van der Waals surface area contributed by atoms with Crippen LogP contribution in [0.2, 0.25) is 0 Å². The summed E-state index contributed by atoms with van der Waals surface area (Å²) in [5.41, 5.74) is -1.44. The molecule has 1 aliphatic carbocycles. The zero-order valence-electron chi connectivity index (χ0n) is 10.3. The number of hydrogen-bond acceptors (Lipinski definition) is 3. The van der Waals surface area contributed by atoms with E-state index < -0.39 is 21.5 Å². The first-order chi connectivity index (χ1) is 8.75. The lowest BCUT2D eigenvalue weighted by Crippen LogP contribution is -2.53. The van der Waals surface area contributed by atoms with Gasteiger partial charge in [0.15, 0.2) is 0 Å². The lowest BCUT2D eigenvalue weighted by atomic mass is 9.98. The number of hydrogen-bond donors (Lipinski definition) is 2. The molecule has 19 heavy (non-hydrogen) atoms. The molecule has 2 N–H and O–H groups in total. The monoisotopic (exact) mass is 347 g/mol. The first kappa shape index (κ1) is 14.5. The summed E-state index contributed by atoms with van der Waals surface area (Å²) in [6.45, 7) is 1.42. The quantitative estimate of drug-likeness (QED) is 0.852. The molecule has 1 atom stereocenters. The van der Waals surface area contributed by atoms with Crippen molar-refractivity contribution in [3.63, 3.8) is 0 Å². The highest BCUT2D eigenvalue weighted by molar-refractivity contribution is 9.10. The molecule has 0 radical (unpaired) electrons. The molecular weight excluding hydrogens is 334 g/mol. The minimum Gasteiger partial charge on any atom is -0.480 e. The third kappa shape index (κ3) is 2.98. The van der Waals surface area contributed by atoms with E-state index in [1.807, 2.05) is 0 Å². The van der Waals surface area contributed by atoms with Gasteiger partial charge in [-0.15, -0.1) is 0 Å². The number of carboxylic acid groups (broad SMARTS) is 1. The zero-order chi connectivity index (χ0) is 14.3. The number of carboxylic acids is 1. The van der Waals surface area contributed by atoms with Gasteiger partial charge in [-0.3, -0.25) is 4.79 Å². The number of aliphatic carboxylic acids is 1. The highest BCUT2D eigenvalue weighted by Gasteiger charge is 2.50. The van der Waals surface area contributed by atoms with Crippen molar-refractivity contribution in [2.24, 2.45) is 5.92 Å². The fraction of sp³-hybridized carbons (Fsp3) is 0.417. The molecule has 5 nitrogen and oxygen atoms in total. The predicted molar refractivity (Wildman–Crippen MR) is 73.2 cm³/mol. The first-order valence-electron chi connectivity index (χ1n) is 5.78. The number of carbonyl (C=O) groups is 1. The Balaban J connectivity index is 2.30. The van der Waals surface area contributed by atoms with E-state index in [0.29, 0.717) is 0 Å². The third-order valence-electron chi connectivity index (χ3n) is 3.31. The van der Waals surface area contributed by atoms with Crippen LogP contribution in [0.5, 0.6) is 0 Å². The second kappa shape index (κ2) is 4.88. The van der Waals surface area contributed by atoms with Crippen LogP contribution in [0.4, 0.5) is 0 Å². The molecule has 1 aromatic carbocycles. The number of nitrogens with one attached hydrogen (secondary N) is 1. The topological polar surface area (TPSA) is 83.5 Å². The van der Waals surface area contributed by atoms with Gasteiger partial charge >= 0.3 is 5.97 Å². The Labute approximate surface area is 120 Å². The van der Waals surface area contributed by atoms with Gasteiger partial charge in [0.1, 0.15) is 5.54 Å². The fourth-order valence-corrected chi connectivity index (χ4v) is 3.60.